The van der Waals surface area contributed by atoms with E-state index in [1.807, 2.05) is 25.1 Å². The summed E-state index contributed by atoms with van der Waals surface area (Å²) in [4.78, 5) is 25.6. The topological polar surface area (TPSA) is 61.4 Å². The van der Waals surface area contributed by atoms with Crippen LogP contribution in [-0.4, -0.2) is 32.5 Å². The second kappa shape index (κ2) is 8.10. The molecule has 24 heavy (non-hydrogen) atoms. The zero-order chi connectivity index (χ0) is 17.5. The Balaban J connectivity index is 1.82. The zero-order valence-electron chi connectivity index (χ0n) is 13.7. The van der Waals surface area contributed by atoms with Crippen LogP contribution in [0.4, 0.5) is 15.8 Å². The SMILES string of the molecule is CN(C)c1cccc(NC(=O)C(=O)NCCc2ccc(F)cc2)c1. The van der Waals surface area contributed by atoms with Crippen molar-refractivity contribution in [3.05, 3.63) is 59.9 Å². The highest BCUT2D eigenvalue weighted by atomic mass is 19.1. The van der Waals surface area contributed by atoms with Crippen LogP contribution in [0.2, 0.25) is 0 Å². The summed E-state index contributed by atoms with van der Waals surface area (Å²) in [5.74, 6) is -1.72. The quantitative estimate of drug-likeness (QED) is 0.827. The number of amides is 2. The number of hydrogen-bond acceptors (Lipinski definition) is 3. The summed E-state index contributed by atoms with van der Waals surface area (Å²) in [6, 6.07) is 13.2. The molecule has 0 aliphatic carbocycles. The van der Waals surface area contributed by atoms with Gasteiger partial charge in [-0.2, -0.15) is 0 Å². The van der Waals surface area contributed by atoms with E-state index in [1.54, 1.807) is 30.3 Å². The average molecular weight is 329 g/mol. The summed E-state index contributed by atoms with van der Waals surface area (Å²) >= 11 is 0. The van der Waals surface area contributed by atoms with Gasteiger partial charge in [0.15, 0.2) is 0 Å². The van der Waals surface area contributed by atoms with Crippen molar-refractivity contribution in [2.24, 2.45) is 0 Å². The van der Waals surface area contributed by atoms with Crippen LogP contribution in [-0.2, 0) is 16.0 Å². The molecule has 0 unspecified atom stereocenters. The number of benzene rings is 2. The number of nitrogens with zero attached hydrogens (tertiary/aromatic N) is 1. The van der Waals surface area contributed by atoms with Crippen LogP contribution in [0.5, 0.6) is 0 Å². The third-order valence-corrected chi connectivity index (χ3v) is 3.44. The van der Waals surface area contributed by atoms with Gasteiger partial charge in [-0.1, -0.05) is 18.2 Å². The van der Waals surface area contributed by atoms with Crippen molar-refractivity contribution >= 4 is 23.2 Å². The maximum atomic E-state index is 12.8. The number of halogens is 1. The van der Waals surface area contributed by atoms with Crippen molar-refractivity contribution in [2.45, 2.75) is 6.42 Å². The van der Waals surface area contributed by atoms with E-state index in [2.05, 4.69) is 10.6 Å². The standard InChI is InChI=1S/C18H20FN3O2/c1-22(2)16-5-3-4-15(12-16)21-18(24)17(23)20-11-10-13-6-8-14(19)9-7-13/h3-9,12H,10-11H2,1-2H3,(H,20,23)(H,21,24). The van der Waals surface area contributed by atoms with E-state index < -0.39 is 11.8 Å². The molecule has 0 aliphatic heterocycles. The van der Waals surface area contributed by atoms with E-state index >= 15 is 0 Å². The third-order valence-electron chi connectivity index (χ3n) is 3.44. The van der Waals surface area contributed by atoms with E-state index in [0.717, 1.165) is 11.3 Å². The number of carbonyl (C=O) groups excluding carboxylic acids is 2. The molecule has 0 spiro atoms. The monoisotopic (exact) mass is 329 g/mol. The van der Waals surface area contributed by atoms with Crippen LogP contribution in [0.1, 0.15) is 5.56 Å². The van der Waals surface area contributed by atoms with Crippen LogP contribution >= 0.6 is 0 Å². The van der Waals surface area contributed by atoms with Crippen LogP contribution in [0.25, 0.3) is 0 Å². The normalized spacial score (nSPS) is 10.1. The minimum absolute atomic E-state index is 0.301. The number of nitrogens with one attached hydrogen (secondary N) is 2. The Morgan fingerprint density at radius 3 is 2.42 bits per heavy atom. The molecule has 2 N–H and O–H groups in total. The predicted molar refractivity (Wildman–Crippen MR) is 92.5 cm³/mol. The first-order chi connectivity index (χ1) is 11.5. The van der Waals surface area contributed by atoms with Gasteiger partial charge in [-0.15, -0.1) is 0 Å². The van der Waals surface area contributed by atoms with Gasteiger partial charge in [0, 0.05) is 32.0 Å². The Hall–Kier alpha value is -2.89. The predicted octanol–water partition coefficient (Wildman–Crippen LogP) is 2.19. The lowest BCUT2D eigenvalue weighted by molar-refractivity contribution is -0.136. The molecule has 2 aromatic carbocycles. The molecule has 0 atom stereocenters. The van der Waals surface area contributed by atoms with Gasteiger partial charge in [0.2, 0.25) is 0 Å². The van der Waals surface area contributed by atoms with Crippen LogP contribution in [0.15, 0.2) is 48.5 Å². The molecule has 2 amide bonds. The van der Waals surface area contributed by atoms with Gasteiger partial charge in [-0.3, -0.25) is 9.59 Å². The van der Waals surface area contributed by atoms with Gasteiger partial charge in [0.1, 0.15) is 5.82 Å². The molecule has 126 valence electrons. The summed E-state index contributed by atoms with van der Waals surface area (Å²) in [5.41, 5.74) is 2.36. The Morgan fingerprint density at radius 1 is 1.04 bits per heavy atom. The largest absolute Gasteiger partial charge is 0.378 e. The molecule has 0 saturated carbocycles. The fourth-order valence-electron chi connectivity index (χ4n) is 2.10. The van der Waals surface area contributed by atoms with E-state index in [-0.39, 0.29) is 5.82 Å². The first-order valence-electron chi connectivity index (χ1n) is 7.57. The van der Waals surface area contributed by atoms with Crippen molar-refractivity contribution in [3.63, 3.8) is 0 Å². The summed E-state index contributed by atoms with van der Waals surface area (Å²) in [6.07, 6.45) is 0.523. The molecule has 0 fully saturated rings. The molecule has 5 nitrogen and oxygen atoms in total. The molecule has 2 rings (SSSR count). The summed E-state index contributed by atoms with van der Waals surface area (Å²) < 4.78 is 12.8. The Labute approximate surface area is 140 Å². The van der Waals surface area contributed by atoms with Crippen molar-refractivity contribution in [1.29, 1.82) is 0 Å². The number of rotatable bonds is 5. The third kappa shape index (κ3) is 5.08. The highest BCUT2D eigenvalue weighted by Crippen LogP contribution is 2.17. The van der Waals surface area contributed by atoms with Crippen LogP contribution in [0.3, 0.4) is 0 Å². The van der Waals surface area contributed by atoms with E-state index in [0.29, 0.717) is 18.7 Å². The van der Waals surface area contributed by atoms with E-state index in [9.17, 15) is 14.0 Å². The van der Waals surface area contributed by atoms with Crippen LogP contribution < -0.4 is 15.5 Å². The fourth-order valence-corrected chi connectivity index (χ4v) is 2.10. The minimum atomic E-state index is -0.718. The van der Waals surface area contributed by atoms with Crippen LogP contribution in [0, 0.1) is 5.82 Å². The van der Waals surface area contributed by atoms with Gasteiger partial charge in [0.25, 0.3) is 0 Å². The van der Waals surface area contributed by atoms with Gasteiger partial charge < -0.3 is 15.5 Å². The maximum Gasteiger partial charge on any atom is 0.313 e. The fraction of sp³-hybridized carbons (Fsp3) is 0.222. The average Bonchev–Trinajstić information content (AvgIpc) is 2.56. The minimum Gasteiger partial charge on any atom is -0.378 e. The Bertz CT molecular complexity index is 714. The zero-order valence-corrected chi connectivity index (χ0v) is 13.7. The molecule has 0 radical (unpaired) electrons. The molecule has 6 heteroatoms. The molecule has 2 aromatic rings. The molecule has 0 aliphatic rings. The van der Waals surface area contributed by atoms with E-state index in [1.165, 1.54) is 12.1 Å². The van der Waals surface area contributed by atoms with Gasteiger partial charge in [-0.25, -0.2) is 4.39 Å². The second-order valence-corrected chi connectivity index (χ2v) is 5.53. The van der Waals surface area contributed by atoms with Crippen molar-refractivity contribution < 1.29 is 14.0 Å². The van der Waals surface area contributed by atoms with Gasteiger partial charge >= 0.3 is 11.8 Å². The Morgan fingerprint density at radius 2 is 1.75 bits per heavy atom. The highest BCUT2D eigenvalue weighted by Gasteiger charge is 2.13. The lowest BCUT2D eigenvalue weighted by atomic mass is 10.1. The maximum absolute atomic E-state index is 12.8. The molecular formula is C18H20FN3O2. The van der Waals surface area contributed by atoms with Gasteiger partial charge in [-0.05, 0) is 42.3 Å². The summed E-state index contributed by atoms with van der Waals surface area (Å²) in [6.45, 7) is 0.301. The summed E-state index contributed by atoms with van der Waals surface area (Å²) in [5, 5.41) is 5.11. The lowest BCUT2D eigenvalue weighted by Crippen LogP contribution is -2.36. The molecular weight excluding hydrogens is 309 g/mol. The van der Waals surface area contributed by atoms with Crippen molar-refractivity contribution in [1.82, 2.24) is 5.32 Å². The summed E-state index contributed by atoms with van der Waals surface area (Å²) in [7, 11) is 3.78. The molecule has 0 saturated heterocycles. The number of anilines is 2. The smallest absolute Gasteiger partial charge is 0.313 e. The first kappa shape index (κ1) is 17.5. The molecule has 0 heterocycles. The van der Waals surface area contributed by atoms with E-state index in [4.69, 9.17) is 0 Å². The number of hydrogen-bond donors (Lipinski definition) is 2. The lowest BCUT2D eigenvalue weighted by Gasteiger charge is -2.14. The highest BCUT2D eigenvalue weighted by molar-refractivity contribution is 6.39. The second-order valence-electron chi connectivity index (χ2n) is 5.53. The van der Waals surface area contributed by atoms with Crippen molar-refractivity contribution in [3.8, 4) is 0 Å². The van der Waals surface area contributed by atoms with Crippen molar-refractivity contribution in [2.75, 3.05) is 30.9 Å². The van der Waals surface area contributed by atoms with Gasteiger partial charge in [0.05, 0.1) is 0 Å². The Kier molecular flexibility index (Phi) is 5.89. The first-order valence-corrected chi connectivity index (χ1v) is 7.57. The molecule has 0 aromatic heterocycles. The molecule has 0 bridgehead atoms. The number of carbonyl (C=O) groups is 2.